The lowest BCUT2D eigenvalue weighted by Crippen LogP contribution is -2.35. The average molecular weight is 404 g/mol. The normalized spacial score (nSPS) is 17.2. The first-order valence-corrected chi connectivity index (χ1v) is 9.41. The lowest BCUT2D eigenvalue weighted by Gasteiger charge is -2.27. The zero-order valence-corrected chi connectivity index (χ0v) is 16.4. The Morgan fingerprint density at radius 1 is 1.32 bits per heavy atom. The van der Waals surface area contributed by atoms with Gasteiger partial charge < -0.3 is 10.6 Å². The first-order valence-electron chi connectivity index (χ1n) is 9.00. The van der Waals surface area contributed by atoms with E-state index >= 15 is 0 Å². The molecule has 0 aliphatic carbocycles. The number of nitrogens with two attached hydrogens (primary N) is 1. The van der Waals surface area contributed by atoms with Gasteiger partial charge in [-0.3, -0.25) is 10.3 Å². The van der Waals surface area contributed by atoms with Gasteiger partial charge in [0.1, 0.15) is 11.6 Å². The fourth-order valence-corrected chi connectivity index (χ4v) is 3.45. The minimum absolute atomic E-state index is 0.0236. The average Bonchev–Trinajstić information content (AvgIpc) is 3.12. The number of likely N-dealkylation sites (tertiary alicyclic amines) is 1. The van der Waals surface area contributed by atoms with Crippen molar-refractivity contribution in [3.63, 3.8) is 0 Å². The topological polar surface area (TPSA) is 56.9 Å². The van der Waals surface area contributed by atoms with Gasteiger partial charge in [-0.1, -0.05) is 30.3 Å². The second-order valence-corrected chi connectivity index (χ2v) is 7.27. The minimum Gasteiger partial charge on any atom is -0.375 e. The number of hydrazone groups is 1. The van der Waals surface area contributed by atoms with E-state index in [0.717, 1.165) is 38.3 Å². The number of hydrogen-bond donors (Lipinski definition) is 2. The van der Waals surface area contributed by atoms with Crippen LogP contribution in [-0.2, 0) is 6.54 Å². The molecule has 0 radical (unpaired) electrons. The number of thiocarbonyl (C=S) groups is 1. The Morgan fingerprint density at radius 2 is 2.07 bits per heavy atom. The van der Waals surface area contributed by atoms with Crippen LogP contribution in [0.25, 0.3) is 0 Å². The Hall–Kier alpha value is -2.58. The number of hydrogen-bond acceptors (Lipinski definition) is 4. The van der Waals surface area contributed by atoms with Crippen LogP contribution in [0.5, 0.6) is 0 Å². The summed E-state index contributed by atoms with van der Waals surface area (Å²) < 4.78 is 29.0. The van der Waals surface area contributed by atoms with E-state index in [1.165, 1.54) is 11.6 Å². The molecule has 0 unspecified atom stereocenters. The second-order valence-electron chi connectivity index (χ2n) is 6.83. The molecule has 1 aliphatic heterocycles. The minimum atomic E-state index is -0.559. The Balaban J connectivity index is 1.67. The molecule has 5 nitrogen and oxygen atoms in total. The molecule has 3 rings (SSSR count). The van der Waals surface area contributed by atoms with Gasteiger partial charge in [-0.05, 0) is 30.3 Å². The summed E-state index contributed by atoms with van der Waals surface area (Å²) >= 11 is 4.61. The molecular formula is C20H23F2N5S. The molecule has 0 saturated carbocycles. The van der Waals surface area contributed by atoms with Gasteiger partial charge in [0.15, 0.2) is 5.11 Å². The fourth-order valence-electron chi connectivity index (χ4n) is 3.40. The van der Waals surface area contributed by atoms with Crippen LogP contribution >= 0.6 is 12.2 Å². The van der Waals surface area contributed by atoms with E-state index in [0.29, 0.717) is 0 Å². The molecule has 0 bridgehead atoms. The summed E-state index contributed by atoms with van der Waals surface area (Å²) in [6, 6.07) is 12.7. The molecule has 8 heteroatoms. The lowest BCUT2D eigenvalue weighted by atomic mass is 10.1. The van der Waals surface area contributed by atoms with E-state index in [9.17, 15) is 8.78 Å². The standard InChI is InChI=1S/C20H23F2N5S/c1-26(16-7-8-27(13-16)12-14-5-3-2-4-6-14)19-10-17(21)15(9-18(19)22)11-24-25-20(23)28/h2-6,9-11,16H,7-8,12-13H2,1H3,(H3,23,25,28)/b24-11+/t16-/m1/s1. The highest BCUT2D eigenvalue weighted by Crippen LogP contribution is 2.27. The largest absolute Gasteiger partial charge is 0.375 e. The Labute approximate surface area is 168 Å². The molecular weight excluding hydrogens is 380 g/mol. The van der Waals surface area contributed by atoms with Crippen LogP contribution in [0.15, 0.2) is 47.6 Å². The zero-order chi connectivity index (χ0) is 20.1. The molecule has 1 fully saturated rings. The van der Waals surface area contributed by atoms with Gasteiger partial charge in [-0.2, -0.15) is 5.10 Å². The maximum atomic E-state index is 14.6. The molecule has 1 heterocycles. The molecule has 0 amide bonds. The van der Waals surface area contributed by atoms with Crippen molar-refractivity contribution in [1.82, 2.24) is 10.3 Å². The van der Waals surface area contributed by atoms with Gasteiger partial charge in [0.05, 0.1) is 11.9 Å². The van der Waals surface area contributed by atoms with E-state index < -0.39 is 11.6 Å². The molecule has 2 aromatic carbocycles. The van der Waals surface area contributed by atoms with Crippen molar-refractivity contribution in [1.29, 1.82) is 0 Å². The quantitative estimate of drug-likeness (QED) is 0.441. The zero-order valence-electron chi connectivity index (χ0n) is 15.6. The third kappa shape index (κ3) is 5.02. The van der Waals surface area contributed by atoms with E-state index in [4.69, 9.17) is 5.73 Å². The smallest absolute Gasteiger partial charge is 0.184 e. The summed E-state index contributed by atoms with van der Waals surface area (Å²) in [5.41, 5.74) is 9.08. The lowest BCUT2D eigenvalue weighted by molar-refractivity contribution is 0.326. The van der Waals surface area contributed by atoms with Crippen LogP contribution in [-0.4, -0.2) is 42.4 Å². The predicted octanol–water partition coefficient (Wildman–Crippen LogP) is 2.84. The molecule has 3 N–H and O–H groups in total. The number of benzene rings is 2. The third-order valence-corrected chi connectivity index (χ3v) is 4.96. The van der Waals surface area contributed by atoms with Gasteiger partial charge in [0.25, 0.3) is 0 Å². The second kappa shape index (κ2) is 9.07. The van der Waals surface area contributed by atoms with Crippen molar-refractivity contribution in [3.8, 4) is 0 Å². The summed E-state index contributed by atoms with van der Waals surface area (Å²) in [5.74, 6) is -1.06. The number of likely N-dealkylation sites (N-methyl/N-ethyl adjacent to an activating group) is 1. The highest BCUT2D eigenvalue weighted by atomic mass is 32.1. The van der Waals surface area contributed by atoms with Gasteiger partial charge >= 0.3 is 0 Å². The van der Waals surface area contributed by atoms with Crippen LogP contribution < -0.4 is 16.1 Å². The van der Waals surface area contributed by atoms with Crippen molar-refractivity contribution in [3.05, 3.63) is 65.2 Å². The van der Waals surface area contributed by atoms with Crippen molar-refractivity contribution in [2.45, 2.75) is 19.0 Å². The van der Waals surface area contributed by atoms with Gasteiger partial charge in [0.2, 0.25) is 0 Å². The molecule has 0 aromatic heterocycles. The molecule has 0 spiro atoms. The van der Waals surface area contributed by atoms with Crippen LogP contribution in [0, 0.1) is 11.6 Å². The SMILES string of the molecule is CN(c1cc(F)c(/C=N/NC(N)=S)cc1F)[C@@H]1CCN(Cc2ccccc2)C1. The summed E-state index contributed by atoms with van der Waals surface area (Å²) in [4.78, 5) is 4.14. The van der Waals surface area contributed by atoms with E-state index in [-0.39, 0.29) is 22.4 Å². The maximum Gasteiger partial charge on any atom is 0.184 e. The van der Waals surface area contributed by atoms with Gasteiger partial charge in [-0.15, -0.1) is 0 Å². The molecule has 148 valence electrons. The summed E-state index contributed by atoms with van der Waals surface area (Å²) in [5, 5.41) is 3.63. The number of rotatable bonds is 6. The summed E-state index contributed by atoms with van der Waals surface area (Å²) in [6.07, 6.45) is 2.05. The Bertz CT molecular complexity index is 859. The number of halogens is 2. The van der Waals surface area contributed by atoms with E-state index in [1.54, 1.807) is 7.05 Å². The monoisotopic (exact) mass is 403 g/mol. The van der Waals surface area contributed by atoms with Crippen molar-refractivity contribution >= 4 is 29.2 Å². The van der Waals surface area contributed by atoms with Crippen LogP contribution in [0.1, 0.15) is 17.5 Å². The van der Waals surface area contributed by atoms with E-state index in [1.807, 2.05) is 23.1 Å². The molecule has 2 aromatic rings. The molecule has 1 atom stereocenters. The van der Waals surface area contributed by atoms with Crippen molar-refractivity contribution in [2.75, 3.05) is 25.0 Å². The number of nitrogens with one attached hydrogen (secondary N) is 1. The number of nitrogens with zero attached hydrogens (tertiary/aromatic N) is 3. The van der Waals surface area contributed by atoms with Crippen molar-refractivity contribution < 1.29 is 8.78 Å². The van der Waals surface area contributed by atoms with E-state index in [2.05, 4.69) is 39.8 Å². The Kier molecular flexibility index (Phi) is 6.53. The maximum absolute atomic E-state index is 14.6. The fraction of sp³-hybridized carbons (Fsp3) is 0.300. The first-order chi connectivity index (χ1) is 13.4. The van der Waals surface area contributed by atoms with Crippen LogP contribution in [0.4, 0.5) is 14.5 Å². The van der Waals surface area contributed by atoms with Crippen molar-refractivity contribution in [2.24, 2.45) is 10.8 Å². The summed E-state index contributed by atoms with van der Waals surface area (Å²) in [6.45, 7) is 2.57. The predicted molar refractivity (Wildman–Crippen MR) is 112 cm³/mol. The number of anilines is 1. The van der Waals surface area contributed by atoms with Gasteiger partial charge in [-0.25, -0.2) is 8.78 Å². The molecule has 1 aliphatic rings. The third-order valence-electron chi connectivity index (χ3n) is 4.87. The Morgan fingerprint density at radius 3 is 2.79 bits per heavy atom. The highest BCUT2D eigenvalue weighted by Gasteiger charge is 2.27. The highest BCUT2D eigenvalue weighted by molar-refractivity contribution is 7.80. The summed E-state index contributed by atoms with van der Waals surface area (Å²) in [7, 11) is 1.80. The molecule has 28 heavy (non-hydrogen) atoms. The molecule has 1 saturated heterocycles. The van der Waals surface area contributed by atoms with Gasteiger partial charge in [0, 0.05) is 44.4 Å². The van der Waals surface area contributed by atoms with Crippen LogP contribution in [0.2, 0.25) is 0 Å². The van der Waals surface area contributed by atoms with Crippen LogP contribution in [0.3, 0.4) is 0 Å². The first kappa shape index (κ1) is 20.2.